The van der Waals surface area contributed by atoms with Crippen LogP contribution >= 0.6 is 0 Å². The molecule has 0 aromatic rings. The van der Waals surface area contributed by atoms with Crippen molar-refractivity contribution in [2.75, 3.05) is 0 Å². The third kappa shape index (κ3) is 2.55. The number of hydrogen-bond acceptors (Lipinski definition) is 1. The Morgan fingerprint density at radius 3 is 2.37 bits per heavy atom. The quantitative estimate of drug-likeness (QED) is 0.707. The van der Waals surface area contributed by atoms with Crippen LogP contribution in [0.15, 0.2) is 0 Å². The van der Waals surface area contributed by atoms with E-state index in [9.17, 15) is 18.0 Å². The summed E-state index contributed by atoms with van der Waals surface area (Å²) in [6.07, 6.45) is 6.16. The van der Waals surface area contributed by atoms with Gasteiger partial charge in [0.1, 0.15) is 16.1 Å². The Hall–Kier alpha value is -0.190. The van der Waals surface area contributed by atoms with Crippen LogP contribution in [0.4, 0.5) is 13.2 Å². The van der Waals surface area contributed by atoms with Crippen molar-refractivity contribution >= 4 is 16.7 Å². The number of carbonyl (C=O) groups is 1. The summed E-state index contributed by atoms with van der Waals surface area (Å²) in [5, 5.41) is -0.955. The molecule has 108 valence electrons. The first-order valence-electron chi connectivity index (χ1n) is 7.28. The lowest BCUT2D eigenvalue weighted by atomic mass is 9.99. The second-order valence-electron chi connectivity index (χ2n) is 6.23. The number of hydrogen-bond donors (Lipinski definition) is 0. The highest BCUT2D eigenvalue weighted by Gasteiger charge is 2.65. The molecule has 0 amide bonds. The van der Waals surface area contributed by atoms with E-state index in [0.717, 1.165) is 38.5 Å². The first-order valence-corrected chi connectivity index (χ1v) is 8.63. The van der Waals surface area contributed by atoms with Crippen LogP contribution in [-0.4, -0.2) is 21.8 Å². The maximum Gasteiger partial charge on any atom is 0.575 e. The van der Waals surface area contributed by atoms with Gasteiger partial charge in [-0.3, -0.25) is 4.79 Å². The van der Waals surface area contributed by atoms with E-state index in [-0.39, 0.29) is 17.0 Å². The van der Waals surface area contributed by atoms with Gasteiger partial charge >= 0.3 is 5.51 Å². The molecular formula is C14H20F3OS+. The van der Waals surface area contributed by atoms with Crippen molar-refractivity contribution in [2.45, 2.75) is 67.4 Å². The van der Waals surface area contributed by atoms with Crippen molar-refractivity contribution in [2.24, 2.45) is 11.8 Å². The van der Waals surface area contributed by atoms with Crippen LogP contribution in [0, 0.1) is 11.8 Å². The summed E-state index contributed by atoms with van der Waals surface area (Å²) in [6, 6.07) is 0. The van der Waals surface area contributed by atoms with Crippen LogP contribution in [-0.2, 0) is 15.7 Å². The molecule has 0 aromatic carbocycles. The number of carbonyl (C=O) groups excluding carboxylic acids is 1. The molecule has 0 radical (unpaired) electrons. The average molecular weight is 293 g/mol. The fourth-order valence-electron chi connectivity index (χ4n) is 4.26. The summed E-state index contributed by atoms with van der Waals surface area (Å²) in [4.78, 5) is 12.0. The molecule has 2 bridgehead atoms. The number of Topliss-reactive ketones (excluding diaryl/α,β-unsaturated/α-hetero) is 1. The molecule has 0 spiro atoms. The summed E-state index contributed by atoms with van der Waals surface area (Å²) in [5.41, 5.74) is -4.17. The van der Waals surface area contributed by atoms with Crippen molar-refractivity contribution in [3.05, 3.63) is 0 Å². The van der Waals surface area contributed by atoms with E-state index in [2.05, 4.69) is 0 Å². The lowest BCUT2D eigenvalue weighted by molar-refractivity contribution is -0.120. The molecule has 3 rings (SSSR count). The SMILES string of the molecule is O=C1CCCCC1[S+](C1CC2CCC1C2)C(F)(F)F. The van der Waals surface area contributed by atoms with Gasteiger partial charge in [0, 0.05) is 18.8 Å². The zero-order valence-electron chi connectivity index (χ0n) is 10.9. The predicted molar refractivity (Wildman–Crippen MR) is 69.9 cm³/mol. The molecule has 1 nitrogen and oxygen atoms in total. The van der Waals surface area contributed by atoms with Crippen LogP contribution in [0.2, 0.25) is 0 Å². The van der Waals surface area contributed by atoms with E-state index >= 15 is 0 Å². The lowest BCUT2D eigenvalue weighted by Gasteiger charge is -2.29. The normalized spacial score (nSPS) is 40.7. The van der Waals surface area contributed by atoms with Gasteiger partial charge in [-0.05, 0) is 44.4 Å². The molecule has 0 saturated heterocycles. The fourth-order valence-corrected chi connectivity index (χ4v) is 7.31. The third-order valence-corrected chi connectivity index (χ3v) is 7.95. The molecule has 3 fully saturated rings. The molecule has 5 heteroatoms. The van der Waals surface area contributed by atoms with E-state index in [4.69, 9.17) is 0 Å². The van der Waals surface area contributed by atoms with Gasteiger partial charge in [-0.2, -0.15) is 0 Å². The number of ketones is 1. The van der Waals surface area contributed by atoms with E-state index in [1.807, 2.05) is 0 Å². The van der Waals surface area contributed by atoms with Crippen LogP contribution in [0.3, 0.4) is 0 Å². The molecule has 19 heavy (non-hydrogen) atoms. The maximum atomic E-state index is 13.5. The minimum atomic E-state index is -4.17. The van der Waals surface area contributed by atoms with Crippen molar-refractivity contribution in [3.63, 3.8) is 0 Å². The van der Waals surface area contributed by atoms with Gasteiger partial charge in [0.05, 0.1) is 0 Å². The maximum absolute atomic E-state index is 13.5. The Bertz CT molecular complexity index is 368. The van der Waals surface area contributed by atoms with Crippen molar-refractivity contribution in [3.8, 4) is 0 Å². The van der Waals surface area contributed by atoms with Gasteiger partial charge < -0.3 is 0 Å². The molecular weight excluding hydrogens is 273 g/mol. The van der Waals surface area contributed by atoms with E-state index < -0.39 is 21.7 Å². The number of alkyl halides is 3. The van der Waals surface area contributed by atoms with Gasteiger partial charge in [-0.1, -0.05) is 0 Å². The Labute approximate surface area is 114 Å². The highest BCUT2D eigenvalue weighted by atomic mass is 32.2. The number of rotatable bonds is 2. The highest BCUT2D eigenvalue weighted by Crippen LogP contribution is 2.52. The molecule has 0 aliphatic heterocycles. The van der Waals surface area contributed by atoms with Gasteiger partial charge in [0.15, 0.2) is 11.0 Å². The van der Waals surface area contributed by atoms with Crippen LogP contribution in [0.1, 0.15) is 51.4 Å². The summed E-state index contributed by atoms with van der Waals surface area (Å²) >= 11 is 0. The van der Waals surface area contributed by atoms with Crippen molar-refractivity contribution < 1.29 is 18.0 Å². The number of fused-ring (bicyclic) bond motifs is 2. The zero-order chi connectivity index (χ0) is 13.6. The smallest absolute Gasteiger partial charge is 0.294 e. The van der Waals surface area contributed by atoms with Crippen LogP contribution < -0.4 is 0 Å². The Balaban J connectivity index is 1.83. The molecule has 5 unspecified atom stereocenters. The van der Waals surface area contributed by atoms with E-state index in [1.54, 1.807) is 0 Å². The predicted octanol–water partition coefficient (Wildman–Crippen LogP) is 3.82. The summed E-state index contributed by atoms with van der Waals surface area (Å²) in [6.45, 7) is 0. The molecule has 3 aliphatic rings. The van der Waals surface area contributed by atoms with Crippen molar-refractivity contribution in [1.29, 1.82) is 0 Å². The second-order valence-corrected chi connectivity index (χ2v) is 8.61. The standard InChI is InChI=1S/C14H20F3OS/c15-14(16,17)19(12-4-2-1-3-11(12)18)13-8-9-5-6-10(13)7-9/h9-10,12-13H,1-8H2/q+1. The Morgan fingerprint density at radius 2 is 1.84 bits per heavy atom. The Morgan fingerprint density at radius 1 is 1.05 bits per heavy atom. The molecule has 3 aliphatic carbocycles. The third-order valence-electron chi connectivity index (χ3n) is 5.07. The van der Waals surface area contributed by atoms with Gasteiger partial charge in [-0.15, -0.1) is 13.2 Å². The Kier molecular flexibility index (Phi) is 3.61. The summed E-state index contributed by atoms with van der Waals surface area (Å²) in [5.74, 6) is 0.630. The average Bonchev–Trinajstić information content (AvgIpc) is 2.92. The van der Waals surface area contributed by atoms with Gasteiger partial charge in [-0.25, -0.2) is 0 Å². The molecule has 0 N–H and O–H groups in total. The highest BCUT2D eigenvalue weighted by molar-refractivity contribution is 7.99. The van der Waals surface area contributed by atoms with Gasteiger partial charge in [0.2, 0.25) is 0 Å². The van der Waals surface area contributed by atoms with Gasteiger partial charge in [0.25, 0.3) is 0 Å². The summed E-state index contributed by atoms with van der Waals surface area (Å²) in [7, 11) is -1.68. The minimum Gasteiger partial charge on any atom is -0.294 e. The van der Waals surface area contributed by atoms with E-state index in [0.29, 0.717) is 18.8 Å². The first kappa shape index (κ1) is 13.8. The van der Waals surface area contributed by atoms with Crippen molar-refractivity contribution in [1.82, 2.24) is 0 Å². The van der Waals surface area contributed by atoms with Crippen LogP contribution in [0.25, 0.3) is 0 Å². The largest absolute Gasteiger partial charge is 0.575 e. The summed E-state index contributed by atoms with van der Waals surface area (Å²) < 4.78 is 40.5. The molecule has 3 saturated carbocycles. The second kappa shape index (κ2) is 4.97. The molecule has 0 heterocycles. The van der Waals surface area contributed by atoms with Crippen LogP contribution in [0.5, 0.6) is 0 Å². The number of halogens is 3. The molecule has 5 atom stereocenters. The fraction of sp³-hybridized carbons (Fsp3) is 0.929. The first-order chi connectivity index (χ1) is 8.97. The molecule has 0 aromatic heterocycles. The topological polar surface area (TPSA) is 17.1 Å². The minimum absolute atomic E-state index is 0.116. The monoisotopic (exact) mass is 293 g/mol. The lowest BCUT2D eigenvalue weighted by Crippen LogP contribution is -2.49. The van der Waals surface area contributed by atoms with E-state index in [1.165, 1.54) is 0 Å². The zero-order valence-corrected chi connectivity index (χ0v) is 11.7.